The molecule has 1 aliphatic heterocycles. The van der Waals surface area contributed by atoms with E-state index in [9.17, 15) is 14.4 Å². The number of carbonyl (C=O) groups is 2. The van der Waals surface area contributed by atoms with Crippen molar-refractivity contribution in [3.8, 4) is 0 Å². The van der Waals surface area contributed by atoms with Crippen LogP contribution >= 0.6 is 11.3 Å². The lowest BCUT2D eigenvalue weighted by Gasteiger charge is -2.22. The topological polar surface area (TPSA) is 83.8 Å². The van der Waals surface area contributed by atoms with E-state index in [1.54, 1.807) is 30.6 Å². The monoisotopic (exact) mass is 354 g/mol. The summed E-state index contributed by atoms with van der Waals surface area (Å²) in [6.45, 7) is 1.63. The molecule has 1 N–H and O–H groups in total. The lowest BCUT2D eigenvalue weighted by Crippen LogP contribution is -2.40. The molecule has 1 aromatic carbocycles. The minimum atomic E-state index is -1.12. The van der Waals surface area contributed by atoms with Crippen LogP contribution in [0.3, 0.4) is 0 Å². The maximum Gasteiger partial charge on any atom is 0.325 e. The minimum Gasteiger partial charge on any atom is -0.319 e. The number of benzene rings is 1. The number of nitrogens with one attached hydrogen (secondary N) is 1. The second-order valence-electron chi connectivity index (χ2n) is 5.95. The quantitative estimate of drug-likeness (QED) is 0.726. The van der Waals surface area contributed by atoms with Gasteiger partial charge in [0.1, 0.15) is 5.54 Å². The summed E-state index contributed by atoms with van der Waals surface area (Å²) in [6.07, 6.45) is 1.64. The highest BCUT2D eigenvalue weighted by Crippen LogP contribution is 2.29. The van der Waals surface area contributed by atoms with Crippen LogP contribution in [-0.4, -0.2) is 26.2 Å². The van der Waals surface area contributed by atoms with Gasteiger partial charge in [-0.2, -0.15) is 0 Å². The van der Waals surface area contributed by atoms with Crippen molar-refractivity contribution >= 4 is 28.2 Å². The predicted molar refractivity (Wildman–Crippen MR) is 92.2 cm³/mol. The van der Waals surface area contributed by atoms with Gasteiger partial charge in [-0.25, -0.2) is 9.78 Å². The number of hydrogen-bond donors (Lipinski definition) is 1. The summed E-state index contributed by atoms with van der Waals surface area (Å²) in [5.41, 5.74) is -0.273. The molecule has 25 heavy (non-hydrogen) atoms. The molecule has 3 aromatic rings. The van der Waals surface area contributed by atoms with Crippen LogP contribution in [0.5, 0.6) is 0 Å². The van der Waals surface area contributed by atoms with Crippen LogP contribution in [0, 0.1) is 0 Å². The van der Waals surface area contributed by atoms with Gasteiger partial charge in [0.05, 0.1) is 12.2 Å². The van der Waals surface area contributed by atoms with Crippen LogP contribution in [-0.2, 0) is 16.9 Å². The Morgan fingerprint density at radius 1 is 1.20 bits per heavy atom. The molecular formula is C17H14N4O3S. The Balaban J connectivity index is 1.67. The van der Waals surface area contributed by atoms with Gasteiger partial charge in [0.25, 0.3) is 11.5 Å². The first-order valence-electron chi connectivity index (χ1n) is 7.64. The maximum atomic E-state index is 12.9. The molecule has 0 bridgehead atoms. The summed E-state index contributed by atoms with van der Waals surface area (Å²) in [7, 11) is 0. The lowest BCUT2D eigenvalue weighted by molar-refractivity contribution is -0.131. The van der Waals surface area contributed by atoms with Crippen LogP contribution < -0.4 is 10.9 Å². The van der Waals surface area contributed by atoms with Crippen LogP contribution in [0.4, 0.5) is 4.79 Å². The third kappa shape index (κ3) is 2.42. The summed E-state index contributed by atoms with van der Waals surface area (Å²) < 4.78 is 1.42. The van der Waals surface area contributed by atoms with Gasteiger partial charge in [0.2, 0.25) is 0 Å². The highest BCUT2D eigenvalue weighted by molar-refractivity contribution is 7.15. The molecule has 0 spiro atoms. The summed E-state index contributed by atoms with van der Waals surface area (Å²) in [5, 5.41) is 4.50. The average molecular weight is 354 g/mol. The van der Waals surface area contributed by atoms with Gasteiger partial charge in [-0.05, 0) is 12.5 Å². The fourth-order valence-corrected chi connectivity index (χ4v) is 3.68. The van der Waals surface area contributed by atoms with Crippen LogP contribution in [0.25, 0.3) is 4.96 Å². The largest absolute Gasteiger partial charge is 0.325 e. The summed E-state index contributed by atoms with van der Waals surface area (Å²) in [4.78, 5) is 43.3. The fourth-order valence-electron chi connectivity index (χ4n) is 2.94. The zero-order chi connectivity index (χ0) is 17.6. The van der Waals surface area contributed by atoms with E-state index in [1.165, 1.54) is 21.8 Å². The number of urea groups is 1. The molecule has 3 amide bonds. The second kappa shape index (κ2) is 5.52. The SMILES string of the molecule is CC1(c2ccccc2)NC(=O)N(Cc2cc(=O)n3ccsc3n2)C1=O. The van der Waals surface area contributed by atoms with Gasteiger partial charge >= 0.3 is 6.03 Å². The van der Waals surface area contributed by atoms with Crippen LogP contribution in [0.15, 0.2) is 52.8 Å². The highest BCUT2D eigenvalue weighted by Gasteiger charge is 2.48. The Morgan fingerprint density at radius 2 is 1.96 bits per heavy atom. The molecule has 1 unspecified atom stereocenters. The molecular weight excluding hydrogens is 340 g/mol. The molecule has 126 valence electrons. The number of nitrogens with zero attached hydrogens (tertiary/aromatic N) is 3. The average Bonchev–Trinajstić information content (AvgIpc) is 3.16. The molecule has 1 fully saturated rings. The number of hydrogen-bond acceptors (Lipinski definition) is 5. The summed E-state index contributed by atoms with van der Waals surface area (Å²) >= 11 is 1.32. The number of aromatic nitrogens is 2. The Kier molecular flexibility index (Phi) is 3.43. The molecule has 7 nitrogen and oxygen atoms in total. The summed E-state index contributed by atoms with van der Waals surface area (Å²) in [5.74, 6) is -0.364. The van der Waals surface area contributed by atoms with Crippen molar-refractivity contribution < 1.29 is 9.59 Å². The number of rotatable bonds is 3. The number of fused-ring (bicyclic) bond motifs is 1. The van der Waals surface area contributed by atoms with Crippen molar-refractivity contribution in [3.05, 3.63) is 69.6 Å². The zero-order valence-electron chi connectivity index (χ0n) is 13.3. The van der Waals surface area contributed by atoms with E-state index >= 15 is 0 Å². The minimum absolute atomic E-state index is 0.0449. The van der Waals surface area contributed by atoms with Crippen molar-refractivity contribution in [1.29, 1.82) is 0 Å². The highest BCUT2D eigenvalue weighted by atomic mass is 32.1. The van der Waals surface area contributed by atoms with Crippen LogP contribution in [0.1, 0.15) is 18.2 Å². The Labute approximate surface area is 146 Å². The first kappa shape index (κ1) is 15.5. The first-order valence-corrected chi connectivity index (χ1v) is 8.52. The molecule has 0 radical (unpaired) electrons. The summed E-state index contributed by atoms with van der Waals surface area (Å²) in [6, 6.07) is 9.92. The van der Waals surface area contributed by atoms with Crippen molar-refractivity contribution in [2.24, 2.45) is 0 Å². The van der Waals surface area contributed by atoms with Gasteiger partial charge < -0.3 is 5.32 Å². The van der Waals surface area contributed by atoms with Crippen molar-refractivity contribution in [1.82, 2.24) is 19.6 Å². The molecule has 4 rings (SSSR count). The van der Waals surface area contributed by atoms with Crippen LogP contribution in [0.2, 0.25) is 0 Å². The van der Waals surface area contributed by atoms with Crippen molar-refractivity contribution in [2.75, 3.05) is 0 Å². The van der Waals surface area contributed by atoms with Gasteiger partial charge in [-0.1, -0.05) is 30.3 Å². The van der Waals surface area contributed by atoms with Crippen molar-refractivity contribution in [3.63, 3.8) is 0 Å². The van der Waals surface area contributed by atoms with Gasteiger partial charge in [0.15, 0.2) is 4.96 Å². The van der Waals surface area contributed by atoms with Gasteiger partial charge in [-0.3, -0.25) is 18.9 Å². The van der Waals surface area contributed by atoms with E-state index in [2.05, 4.69) is 10.3 Å². The molecule has 3 heterocycles. The molecule has 8 heteroatoms. The number of thiazole rings is 1. The molecule has 1 aliphatic rings. The molecule has 1 saturated heterocycles. The van der Waals surface area contributed by atoms with E-state index in [1.807, 2.05) is 18.2 Å². The molecule has 0 saturated carbocycles. The van der Waals surface area contributed by atoms with Gasteiger partial charge in [-0.15, -0.1) is 11.3 Å². The molecule has 2 aromatic heterocycles. The maximum absolute atomic E-state index is 12.9. The second-order valence-corrected chi connectivity index (χ2v) is 6.83. The molecule has 1 atom stereocenters. The van der Waals surface area contributed by atoms with E-state index < -0.39 is 11.6 Å². The van der Waals surface area contributed by atoms with E-state index in [4.69, 9.17) is 0 Å². The third-order valence-electron chi connectivity index (χ3n) is 4.30. The molecule has 0 aliphatic carbocycles. The Hall–Kier alpha value is -3.00. The smallest absolute Gasteiger partial charge is 0.319 e. The first-order chi connectivity index (χ1) is 12.0. The Bertz CT molecular complexity index is 1040. The normalized spacial score (nSPS) is 20.3. The number of amides is 3. The predicted octanol–water partition coefficient (Wildman–Crippen LogP) is 1.72. The third-order valence-corrected chi connectivity index (χ3v) is 5.06. The standard InChI is InChI=1S/C17H14N4O3S/c1-17(11-5-3-2-4-6-11)14(23)21(15(24)19-17)10-12-9-13(22)20-7-8-25-16(20)18-12/h2-9H,10H2,1H3,(H,19,24). The number of imide groups is 1. The van der Waals surface area contributed by atoms with Gasteiger partial charge in [0, 0.05) is 17.6 Å². The van der Waals surface area contributed by atoms with E-state index in [0.717, 1.165) is 4.90 Å². The number of carbonyl (C=O) groups excluding carboxylic acids is 2. The van der Waals surface area contributed by atoms with Crippen molar-refractivity contribution in [2.45, 2.75) is 19.0 Å². The lowest BCUT2D eigenvalue weighted by atomic mass is 9.92. The van der Waals surface area contributed by atoms with E-state index in [0.29, 0.717) is 16.2 Å². The van der Waals surface area contributed by atoms with E-state index in [-0.39, 0.29) is 18.0 Å². The zero-order valence-corrected chi connectivity index (χ0v) is 14.1. The Morgan fingerprint density at radius 3 is 2.72 bits per heavy atom. The fraction of sp³-hybridized carbons (Fsp3) is 0.176.